The van der Waals surface area contributed by atoms with Crippen LogP contribution in [0.1, 0.15) is 12.8 Å². The molecule has 0 aromatic carbocycles. The molecule has 82 valence electrons. The minimum Gasteiger partial charge on any atom is -0.273 e. The van der Waals surface area contributed by atoms with Crippen LogP contribution in [0.3, 0.4) is 0 Å². The van der Waals surface area contributed by atoms with E-state index in [-0.39, 0.29) is 55.7 Å². The standard InChI is InChI=1S/2C5H5.2BrH.H4Si2.Ti/c2*1-2-4-5-3-1;;;1-2;/h2*1-3H,4H2;2*1H;1-2H2;/q2*-1;;;;+2. The van der Waals surface area contributed by atoms with E-state index in [1.165, 1.54) is 0 Å². The summed E-state index contributed by atoms with van der Waals surface area (Å²) >= 11 is 0. The fraction of sp³-hybridized carbons (Fsp3) is 0.200. The Morgan fingerprint density at radius 1 is 0.800 bits per heavy atom. The van der Waals surface area contributed by atoms with Crippen LogP contribution < -0.4 is 0 Å². The molecule has 0 fully saturated rings. The molecule has 0 heterocycles. The van der Waals surface area contributed by atoms with Crippen LogP contribution in [-0.2, 0) is 21.7 Å². The van der Waals surface area contributed by atoms with Gasteiger partial charge in [-0.3, -0.25) is 12.2 Å². The van der Waals surface area contributed by atoms with Crippen molar-refractivity contribution in [3.63, 3.8) is 0 Å². The van der Waals surface area contributed by atoms with Crippen molar-refractivity contribution in [2.24, 2.45) is 0 Å². The third-order valence-electron chi connectivity index (χ3n) is 1.17. The van der Waals surface area contributed by atoms with Gasteiger partial charge < -0.3 is 0 Å². The second-order valence-corrected chi connectivity index (χ2v) is 2.01. The summed E-state index contributed by atoms with van der Waals surface area (Å²) in [6, 6.07) is 0. The van der Waals surface area contributed by atoms with Crippen molar-refractivity contribution in [1.82, 2.24) is 0 Å². The first-order valence-electron chi connectivity index (χ1n) is 3.93. The molecule has 0 atom stereocenters. The second-order valence-electron chi connectivity index (χ2n) is 2.01. The molecule has 2 rings (SSSR count). The van der Waals surface area contributed by atoms with Crippen LogP contribution in [0, 0.1) is 12.2 Å². The quantitative estimate of drug-likeness (QED) is 0.431. The van der Waals surface area contributed by atoms with E-state index in [0.717, 1.165) is 12.8 Å². The topological polar surface area (TPSA) is 0 Å². The molecule has 0 aromatic heterocycles. The van der Waals surface area contributed by atoms with Crippen molar-refractivity contribution in [3.8, 4) is 0 Å². The van der Waals surface area contributed by atoms with Gasteiger partial charge in [0.05, 0.1) is 0 Å². The van der Waals surface area contributed by atoms with Gasteiger partial charge in [0, 0.05) is 0 Å². The third-order valence-corrected chi connectivity index (χ3v) is 1.17. The van der Waals surface area contributed by atoms with Gasteiger partial charge in [-0.05, 0) is 19.5 Å². The average molecular weight is 400 g/mol. The predicted octanol–water partition coefficient (Wildman–Crippen LogP) is 1.93. The van der Waals surface area contributed by atoms with Crippen molar-refractivity contribution >= 4 is 53.5 Å². The first kappa shape index (κ1) is 25.0. The van der Waals surface area contributed by atoms with Gasteiger partial charge in [0.15, 0.2) is 0 Å². The Balaban J connectivity index is -0.0000000592. The summed E-state index contributed by atoms with van der Waals surface area (Å²) in [5, 5.41) is 0. The van der Waals surface area contributed by atoms with E-state index in [1.54, 1.807) is 0 Å². The molecular weight excluding hydrogens is 384 g/mol. The number of halogens is 2. The number of rotatable bonds is 0. The zero-order valence-electron chi connectivity index (χ0n) is 8.61. The Labute approximate surface area is 135 Å². The van der Waals surface area contributed by atoms with Crippen LogP contribution in [0.2, 0.25) is 0 Å². The molecule has 0 saturated carbocycles. The van der Waals surface area contributed by atoms with Gasteiger partial charge in [0.2, 0.25) is 0 Å². The molecule has 5 heteroatoms. The van der Waals surface area contributed by atoms with E-state index in [1.807, 2.05) is 43.8 Å². The zero-order valence-corrected chi connectivity index (χ0v) is 16.4. The third kappa shape index (κ3) is 21.0. The summed E-state index contributed by atoms with van der Waals surface area (Å²) < 4.78 is 0. The summed E-state index contributed by atoms with van der Waals surface area (Å²) in [5.41, 5.74) is 0. The summed E-state index contributed by atoms with van der Waals surface area (Å²) in [5.74, 6) is 0. The molecule has 0 aliphatic heterocycles. The van der Waals surface area contributed by atoms with Gasteiger partial charge in [-0.1, -0.05) is 0 Å². The molecule has 0 amide bonds. The SMILES string of the molecule is Br.Br.[C-]1=CC=CC1.[C-]1=CC=CC1.[SiH2][SiH2].[Ti+2]. The van der Waals surface area contributed by atoms with Gasteiger partial charge in [-0.2, -0.15) is 12.2 Å². The van der Waals surface area contributed by atoms with E-state index < -0.39 is 0 Å². The van der Waals surface area contributed by atoms with E-state index in [0.29, 0.717) is 0 Å². The zero-order chi connectivity index (χ0) is 9.07. The van der Waals surface area contributed by atoms with E-state index >= 15 is 0 Å². The molecule has 0 N–H and O–H groups in total. The maximum Gasteiger partial charge on any atom is 2.00 e. The molecule has 0 spiro atoms. The molecule has 0 aromatic rings. The summed E-state index contributed by atoms with van der Waals surface area (Å²) in [4.78, 5) is 0. The van der Waals surface area contributed by atoms with Crippen LogP contribution in [0.25, 0.3) is 0 Å². The van der Waals surface area contributed by atoms with E-state index in [4.69, 9.17) is 0 Å². The van der Waals surface area contributed by atoms with Crippen molar-refractivity contribution in [2.75, 3.05) is 0 Å². The summed E-state index contributed by atoms with van der Waals surface area (Å²) in [7, 11) is 3.78. The minimum atomic E-state index is 0. The summed E-state index contributed by atoms with van der Waals surface area (Å²) in [6.07, 6.45) is 20.0. The molecule has 0 unspecified atom stereocenters. The Kier molecular flexibility index (Phi) is 40.7. The van der Waals surface area contributed by atoms with Gasteiger partial charge in [-0.25, -0.2) is 24.3 Å². The maximum absolute atomic E-state index is 2.99. The average Bonchev–Trinajstić information content (AvgIpc) is 2.87. The van der Waals surface area contributed by atoms with Gasteiger partial charge >= 0.3 is 21.7 Å². The van der Waals surface area contributed by atoms with Crippen molar-refractivity contribution in [3.05, 3.63) is 48.6 Å². The van der Waals surface area contributed by atoms with Crippen LogP contribution in [0.4, 0.5) is 0 Å². The van der Waals surface area contributed by atoms with Crippen molar-refractivity contribution in [1.29, 1.82) is 0 Å². The second kappa shape index (κ2) is 24.3. The molecule has 2 aliphatic carbocycles. The minimum absolute atomic E-state index is 0. The first-order chi connectivity index (χ1) is 6.00. The maximum atomic E-state index is 2.99. The molecular formula is C10H16Br2Si2Ti. The first-order valence-corrected chi connectivity index (χ1v) is 7.93. The fourth-order valence-electron chi connectivity index (χ4n) is 0.680. The normalized spacial score (nSPS) is 12.1. The molecule has 0 nitrogen and oxygen atoms in total. The Morgan fingerprint density at radius 2 is 1.13 bits per heavy atom. The molecule has 2 radical (unpaired) electrons. The number of hydrogen-bond acceptors (Lipinski definition) is 0. The number of allylic oxidation sites excluding steroid dienone is 8. The van der Waals surface area contributed by atoms with Gasteiger partial charge in [0.25, 0.3) is 0 Å². The molecule has 0 saturated heterocycles. The Hall–Kier alpha value is 1.07. The van der Waals surface area contributed by atoms with Crippen LogP contribution in [0.15, 0.2) is 36.5 Å². The predicted molar refractivity (Wildman–Crippen MR) is 80.9 cm³/mol. The van der Waals surface area contributed by atoms with Crippen molar-refractivity contribution in [2.45, 2.75) is 12.8 Å². The van der Waals surface area contributed by atoms with Gasteiger partial charge in [0.1, 0.15) is 0 Å². The van der Waals surface area contributed by atoms with Crippen LogP contribution in [0.5, 0.6) is 0 Å². The molecule has 2 aliphatic rings. The summed E-state index contributed by atoms with van der Waals surface area (Å²) in [6.45, 7) is 0. The largest absolute Gasteiger partial charge is 2.00 e. The van der Waals surface area contributed by atoms with E-state index in [9.17, 15) is 0 Å². The number of hydrogen-bond donors (Lipinski definition) is 0. The monoisotopic (exact) mass is 398 g/mol. The Morgan fingerprint density at radius 3 is 1.20 bits per heavy atom. The van der Waals surface area contributed by atoms with Crippen LogP contribution >= 0.6 is 34.0 Å². The van der Waals surface area contributed by atoms with Gasteiger partial charge in [-0.15, -0.1) is 46.8 Å². The Bertz CT molecular complexity index is 160. The van der Waals surface area contributed by atoms with Crippen molar-refractivity contribution < 1.29 is 21.7 Å². The fourth-order valence-corrected chi connectivity index (χ4v) is 0.680. The smallest absolute Gasteiger partial charge is 0.273 e. The van der Waals surface area contributed by atoms with E-state index in [2.05, 4.69) is 24.3 Å². The molecule has 0 bridgehead atoms. The molecule has 15 heavy (non-hydrogen) atoms. The van der Waals surface area contributed by atoms with Crippen LogP contribution in [-0.4, -0.2) is 19.5 Å².